The zero-order chi connectivity index (χ0) is 17.0. The van der Waals surface area contributed by atoms with Crippen molar-refractivity contribution in [3.63, 3.8) is 0 Å². The summed E-state index contributed by atoms with van der Waals surface area (Å²) in [5.74, 6) is -1.26. The molecule has 0 unspecified atom stereocenters. The largest absolute Gasteiger partial charge is 0.492 e. The SMILES string of the molecule is CCOc1ccc(C(C)=O)cc1N1C(=O)[C@@H]2[C@@H](C1=O)[C@H]1C=C[C@@H]2O1. The number of imide groups is 1. The number of hydrogen-bond acceptors (Lipinski definition) is 5. The topological polar surface area (TPSA) is 72.9 Å². The first-order valence-electron chi connectivity index (χ1n) is 8.02. The highest BCUT2D eigenvalue weighted by molar-refractivity contribution is 6.24. The summed E-state index contributed by atoms with van der Waals surface area (Å²) < 4.78 is 11.2. The average Bonchev–Trinajstić information content (AvgIpc) is 3.22. The van der Waals surface area contributed by atoms with E-state index in [1.165, 1.54) is 11.8 Å². The van der Waals surface area contributed by atoms with Crippen LogP contribution in [-0.2, 0) is 14.3 Å². The van der Waals surface area contributed by atoms with Crippen molar-refractivity contribution in [2.75, 3.05) is 11.5 Å². The lowest BCUT2D eigenvalue weighted by Crippen LogP contribution is -2.34. The van der Waals surface area contributed by atoms with Gasteiger partial charge in [0.15, 0.2) is 5.78 Å². The molecule has 0 spiro atoms. The van der Waals surface area contributed by atoms with Gasteiger partial charge in [0.25, 0.3) is 0 Å². The number of ether oxygens (including phenoxy) is 2. The van der Waals surface area contributed by atoms with E-state index in [-0.39, 0.29) is 29.8 Å². The molecule has 2 saturated heterocycles. The van der Waals surface area contributed by atoms with E-state index in [1.807, 2.05) is 19.1 Å². The van der Waals surface area contributed by atoms with Crippen LogP contribution in [0.25, 0.3) is 0 Å². The number of anilines is 1. The van der Waals surface area contributed by atoms with Crippen molar-refractivity contribution in [1.82, 2.24) is 0 Å². The molecule has 0 radical (unpaired) electrons. The van der Waals surface area contributed by atoms with Gasteiger partial charge in [-0.15, -0.1) is 0 Å². The standard InChI is InChI=1S/C18H17NO5/c1-3-23-12-5-4-10(9(2)20)8-11(12)19-17(21)15-13-6-7-14(24-13)16(15)18(19)22/h4-8,13-16H,3H2,1-2H3/t13-,14+,15-,16-/m0/s1. The molecular weight excluding hydrogens is 310 g/mol. The number of ketones is 1. The molecule has 3 heterocycles. The van der Waals surface area contributed by atoms with E-state index in [1.54, 1.807) is 18.2 Å². The van der Waals surface area contributed by atoms with Crippen LogP contribution in [0, 0.1) is 11.8 Å². The van der Waals surface area contributed by atoms with Crippen molar-refractivity contribution >= 4 is 23.3 Å². The molecule has 4 rings (SSSR count). The maximum Gasteiger partial charge on any atom is 0.240 e. The van der Waals surface area contributed by atoms with Crippen LogP contribution in [0.2, 0.25) is 0 Å². The molecule has 0 N–H and O–H groups in total. The van der Waals surface area contributed by atoms with Gasteiger partial charge < -0.3 is 9.47 Å². The Morgan fingerprint density at radius 3 is 2.33 bits per heavy atom. The molecule has 124 valence electrons. The molecule has 1 aromatic rings. The zero-order valence-corrected chi connectivity index (χ0v) is 13.4. The Morgan fingerprint density at radius 1 is 1.17 bits per heavy atom. The van der Waals surface area contributed by atoms with Crippen LogP contribution < -0.4 is 9.64 Å². The fraction of sp³-hybridized carbons (Fsp3) is 0.389. The minimum absolute atomic E-state index is 0.136. The maximum absolute atomic E-state index is 12.9. The van der Waals surface area contributed by atoms with Crippen LogP contribution in [0.5, 0.6) is 5.75 Å². The van der Waals surface area contributed by atoms with Gasteiger partial charge in [-0.05, 0) is 32.0 Å². The predicted molar refractivity (Wildman–Crippen MR) is 84.9 cm³/mol. The molecule has 0 aromatic heterocycles. The molecule has 1 aromatic carbocycles. The fourth-order valence-corrected chi connectivity index (χ4v) is 3.73. The molecule has 2 amide bonds. The fourth-order valence-electron chi connectivity index (χ4n) is 3.73. The third-order valence-electron chi connectivity index (χ3n) is 4.82. The van der Waals surface area contributed by atoms with E-state index in [4.69, 9.17) is 9.47 Å². The Kier molecular flexibility index (Phi) is 3.31. The van der Waals surface area contributed by atoms with Gasteiger partial charge in [-0.3, -0.25) is 14.4 Å². The van der Waals surface area contributed by atoms with Crippen molar-refractivity contribution in [1.29, 1.82) is 0 Å². The molecular formula is C18H17NO5. The number of amides is 2. The third kappa shape index (κ3) is 1.96. The molecule has 6 heteroatoms. The first-order chi connectivity index (χ1) is 11.5. The summed E-state index contributed by atoms with van der Waals surface area (Å²) in [5, 5.41) is 0. The zero-order valence-electron chi connectivity index (χ0n) is 13.4. The summed E-state index contributed by atoms with van der Waals surface area (Å²) >= 11 is 0. The third-order valence-corrected chi connectivity index (χ3v) is 4.82. The van der Waals surface area contributed by atoms with Crippen molar-refractivity contribution in [3.05, 3.63) is 35.9 Å². The van der Waals surface area contributed by atoms with Gasteiger partial charge in [0.1, 0.15) is 5.75 Å². The number of rotatable bonds is 4. The van der Waals surface area contributed by atoms with Crippen LogP contribution in [0.4, 0.5) is 5.69 Å². The van der Waals surface area contributed by atoms with Gasteiger partial charge in [-0.1, -0.05) is 12.2 Å². The van der Waals surface area contributed by atoms with Crippen LogP contribution in [-0.4, -0.2) is 36.4 Å². The Hall–Kier alpha value is -2.47. The van der Waals surface area contributed by atoms with Crippen molar-refractivity contribution in [3.8, 4) is 5.75 Å². The van der Waals surface area contributed by atoms with Crippen LogP contribution in [0.1, 0.15) is 24.2 Å². The minimum atomic E-state index is -0.483. The van der Waals surface area contributed by atoms with Crippen molar-refractivity contribution in [2.45, 2.75) is 26.1 Å². The lowest BCUT2D eigenvalue weighted by atomic mass is 9.85. The van der Waals surface area contributed by atoms with E-state index in [0.29, 0.717) is 23.6 Å². The summed E-state index contributed by atoms with van der Waals surface area (Å²) in [6, 6.07) is 4.82. The molecule has 6 nitrogen and oxygen atoms in total. The number of carbonyl (C=O) groups excluding carboxylic acids is 3. The highest BCUT2D eigenvalue weighted by Gasteiger charge is 2.61. The Balaban J connectivity index is 1.78. The van der Waals surface area contributed by atoms with Gasteiger partial charge in [0, 0.05) is 5.56 Å². The average molecular weight is 327 g/mol. The lowest BCUT2D eigenvalue weighted by molar-refractivity contribution is -0.124. The molecule has 3 aliphatic heterocycles. The van der Waals surface area contributed by atoms with Gasteiger partial charge in [0.05, 0.1) is 36.3 Å². The summed E-state index contributed by atoms with van der Waals surface area (Å²) in [6.45, 7) is 3.66. The number of hydrogen-bond donors (Lipinski definition) is 0. The van der Waals surface area contributed by atoms with E-state index in [0.717, 1.165) is 0 Å². The quantitative estimate of drug-likeness (QED) is 0.478. The van der Waals surface area contributed by atoms with E-state index >= 15 is 0 Å². The second kappa shape index (κ2) is 5.27. The minimum Gasteiger partial charge on any atom is -0.492 e. The molecule has 2 fully saturated rings. The van der Waals surface area contributed by atoms with Crippen molar-refractivity contribution < 1.29 is 23.9 Å². The van der Waals surface area contributed by atoms with Gasteiger partial charge >= 0.3 is 0 Å². The first-order valence-corrected chi connectivity index (χ1v) is 8.02. The molecule has 0 saturated carbocycles. The maximum atomic E-state index is 12.9. The second-order valence-electron chi connectivity index (χ2n) is 6.19. The summed E-state index contributed by atoms with van der Waals surface area (Å²) in [5.41, 5.74) is 0.775. The van der Waals surface area contributed by atoms with Crippen molar-refractivity contribution in [2.24, 2.45) is 11.8 Å². The Labute approximate surface area is 139 Å². The van der Waals surface area contributed by atoms with Gasteiger partial charge in [-0.2, -0.15) is 0 Å². The van der Waals surface area contributed by atoms with Gasteiger partial charge in [-0.25, -0.2) is 4.90 Å². The first kappa shape index (κ1) is 15.1. The summed E-state index contributed by atoms with van der Waals surface area (Å²) in [6.07, 6.45) is 3.01. The Morgan fingerprint density at radius 2 is 1.79 bits per heavy atom. The van der Waals surface area contributed by atoms with Crippen LogP contribution in [0.3, 0.4) is 0 Å². The normalized spacial score (nSPS) is 30.2. The highest BCUT2D eigenvalue weighted by Crippen LogP contribution is 2.47. The monoisotopic (exact) mass is 327 g/mol. The lowest BCUT2D eigenvalue weighted by Gasteiger charge is -2.21. The Bertz CT molecular complexity index is 754. The summed E-state index contributed by atoms with van der Waals surface area (Å²) in [4.78, 5) is 38.6. The molecule has 3 aliphatic rings. The van der Waals surface area contributed by atoms with E-state index < -0.39 is 11.8 Å². The molecule has 2 bridgehead atoms. The smallest absolute Gasteiger partial charge is 0.240 e. The molecule has 24 heavy (non-hydrogen) atoms. The highest BCUT2D eigenvalue weighted by atomic mass is 16.5. The number of carbonyl (C=O) groups is 3. The molecule has 4 atom stereocenters. The van der Waals surface area contributed by atoms with Crippen LogP contribution in [0.15, 0.2) is 30.4 Å². The van der Waals surface area contributed by atoms with E-state index in [9.17, 15) is 14.4 Å². The molecule has 0 aliphatic carbocycles. The van der Waals surface area contributed by atoms with Crippen LogP contribution >= 0.6 is 0 Å². The number of nitrogens with zero attached hydrogens (tertiary/aromatic N) is 1. The van der Waals surface area contributed by atoms with Gasteiger partial charge in [0.2, 0.25) is 11.8 Å². The second-order valence-corrected chi connectivity index (χ2v) is 6.19. The van der Waals surface area contributed by atoms with E-state index in [2.05, 4.69) is 0 Å². The number of Topliss-reactive ketones (excluding diaryl/α,β-unsaturated/α-hetero) is 1. The summed E-state index contributed by atoms with van der Waals surface area (Å²) in [7, 11) is 0. The number of fused-ring (bicyclic) bond motifs is 5. The predicted octanol–water partition coefficient (Wildman–Crippen LogP) is 1.73. The number of benzene rings is 1.